The van der Waals surface area contributed by atoms with Crippen LogP contribution in [0.15, 0.2) is 53.3 Å². The van der Waals surface area contributed by atoms with Gasteiger partial charge in [0.15, 0.2) is 0 Å². The van der Waals surface area contributed by atoms with Crippen LogP contribution in [0.1, 0.15) is 45.1 Å². The Kier molecular flexibility index (Phi) is 12.6. The van der Waals surface area contributed by atoms with Crippen LogP contribution in [0.25, 0.3) is 0 Å². The van der Waals surface area contributed by atoms with Crippen LogP contribution in [-0.2, 0) is 20.7 Å². The number of rotatable bonds is 7. The van der Waals surface area contributed by atoms with Crippen molar-refractivity contribution >= 4 is 26.5 Å². The van der Waals surface area contributed by atoms with Gasteiger partial charge >= 0.3 is 0 Å². The van der Waals surface area contributed by atoms with Gasteiger partial charge in [0.05, 0.1) is 19.8 Å². The molecule has 9 heteroatoms. The Morgan fingerprint density at radius 3 is 2.62 bits per heavy atom. The van der Waals surface area contributed by atoms with Crippen LogP contribution in [0, 0.1) is 12.3 Å². The van der Waals surface area contributed by atoms with E-state index in [0.717, 1.165) is 70.0 Å². The highest BCUT2D eigenvalue weighted by Crippen LogP contribution is 2.33. The van der Waals surface area contributed by atoms with Gasteiger partial charge in [0.25, 0.3) is 5.66 Å². The zero-order chi connectivity index (χ0) is 29.0. The summed E-state index contributed by atoms with van der Waals surface area (Å²) >= 11 is 0. The number of hydrogen-bond donors (Lipinski definition) is 1. The average molecular weight is 574 g/mol. The monoisotopic (exact) mass is 573 g/mol. The van der Waals surface area contributed by atoms with Crippen molar-refractivity contribution in [1.82, 2.24) is 4.90 Å². The number of amides is 1. The number of carbonyl (C=O) groups is 1. The number of aryl methyl sites for hydroxylation is 1. The number of benzene rings is 1. The van der Waals surface area contributed by atoms with Crippen molar-refractivity contribution in [3.8, 4) is 12.3 Å². The van der Waals surface area contributed by atoms with Crippen LogP contribution in [0.2, 0.25) is 0 Å². The van der Waals surface area contributed by atoms with Crippen molar-refractivity contribution in [3.05, 3.63) is 58.9 Å². The number of alkyl halides is 2. The molecule has 0 aromatic heterocycles. The summed E-state index contributed by atoms with van der Waals surface area (Å²) < 4.78 is 38.0. The zero-order valence-electron chi connectivity index (χ0n) is 23.7. The highest BCUT2D eigenvalue weighted by atomic mass is 31.0. The number of fused-ring (bicyclic) bond motifs is 1. The molecule has 3 aliphatic rings. The van der Waals surface area contributed by atoms with Crippen LogP contribution >= 0.6 is 9.24 Å². The molecule has 2 saturated heterocycles. The fraction of sp³-hybridized carbons (Fsp3) is 0.516. The van der Waals surface area contributed by atoms with Crippen LogP contribution < -0.4 is 10.2 Å². The van der Waals surface area contributed by atoms with E-state index in [9.17, 15) is 13.6 Å². The lowest BCUT2D eigenvalue weighted by Gasteiger charge is -2.34. The lowest BCUT2D eigenvalue weighted by molar-refractivity contribution is -0.112. The van der Waals surface area contributed by atoms with Crippen LogP contribution in [0.5, 0.6) is 0 Å². The highest BCUT2D eigenvalue weighted by Gasteiger charge is 2.23. The quantitative estimate of drug-likeness (QED) is 0.255. The highest BCUT2D eigenvalue weighted by molar-refractivity contribution is 7.18. The number of allylic oxidation sites excluding steroid dienone is 3. The number of hydrogen-bond acceptors (Lipinski definition) is 5. The molecule has 0 saturated carbocycles. The molecule has 1 amide bonds. The van der Waals surface area contributed by atoms with E-state index in [1.54, 1.807) is 22.2 Å². The van der Waals surface area contributed by atoms with E-state index in [1.807, 2.05) is 19.1 Å². The smallest absolute Gasteiger partial charge is 0.262 e. The molecule has 4 rings (SSSR count). The second kappa shape index (κ2) is 15.9. The van der Waals surface area contributed by atoms with Crippen LogP contribution in [0.3, 0.4) is 0 Å². The summed E-state index contributed by atoms with van der Waals surface area (Å²) in [6.07, 6.45) is 12.5. The maximum Gasteiger partial charge on any atom is 0.262 e. The van der Waals surface area contributed by atoms with E-state index < -0.39 is 12.1 Å². The van der Waals surface area contributed by atoms with Crippen molar-refractivity contribution < 1.29 is 23.0 Å². The molecule has 0 radical (unpaired) electrons. The fourth-order valence-corrected chi connectivity index (χ4v) is 5.19. The van der Waals surface area contributed by atoms with Crippen molar-refractivity contribution in [2.45, 2.75) is 51.6 Å². The van der Waals surface area contributed by atoms with Gasteiger partial charge in [0.1, 0.15) is 5.76 Å². The number of nitrogens with zero attached hydrogens (tertiary/aromatic N) is 2. The standard InChI is InChI=1S/C28H38F2N3O3P.C3H4/c1-2-24-22(6-4-16-36-26(24)9-10-28(29,30)37)19-27(34)31-23-8-7-21-5-3-11-33(25(21)20-23)13-12-32-14-17-35-18-15-32;1-3-2/h2,7-9,19-20H,3-6,10-18,37H2,1H3,(H,31,34);1H,2H3/b22-19+,24-2-,26-9+;. The first kappa shape index (κ1) is 31.8. The Bertz CT molecular complexity index is 1130. The normalized spacial score (nSPS) is 21.1. The maximum atomic E-state index is 13.4. The van der Waals surface area contributed by atoms with Gasteiger partial charge in [-0.15, -0.1) is 12.3 Å². The van der Waals surface area contributed by atoms with E-state index in [-0.39, 0.29) is 5.91 Å². The summed E-state index contributed by atoms with van der Waals surface area (Å²) in [5.41, 5.74) is 1.84. The second-order valence-electron chi connectivity index (χ2n) is 10.0. The van der Waals surface area contributed by atoms with Gasteiger partial charge in [-0.2, -0.15) is 0 Å². The minimum Gasteiger partial charge on any atom is -0.493 e. The van der Waals surface area contributed by atoms with Crippen molar-refractivity contribution in [2.24, 2.45) is 0 Å². The van der Waals surface area contributed by atoms with E-state index in [1.165, 1.54) is 17.3 Å². The largest absolute Gasteiger partial charge is 0.493 e. The summed E-state index contributed by atoms with van der Waals surface area (Å²) in [6.45, 7) is 10.4. The Hall–Kier alpha value is -2.72. The number of ether oxygens (including phenoxy) is 2. The third-order valence-electron chi connectivity index (χ3n) is 6.97. The summed E-state index contributed by atoms with van der Waals surface area (Å²) in [5.74, 6) is 2.42. The van der Waals surface area contributed by atoms with Crippen molar-refractivity contribution in [1.29, 1.82) is 0 Å². The number of morpholine rings is 1. The Morgan fingerprint density at radius 1 is 1.18 bits per heavy atom. The second-order valence-corrected chi connectivity index (χ2v) is 10.9. The molecule has 0 bridgehead atoms. The van der Waals surface area contributed by atoms with E-state index in [4.69, 9.17) is 9.47 Å². The molecule has 6 nitrogen and oxygen atoms in total. The van der Waals surface area contributed by atoms with E-state index in [2.05, 4.69) is 39.6 Å². The molecular formula is C31H42F2N3O3P. The van der Waals surface area contributed by atoms with Gasteiger partial charge in [-0.3, -0.25) is 9.69 Å². The van der Waals surface area contributed by atoms with Gasteiger partial charge in [-0.25, -0.2) is 8.78 Å². The average Bonchev–Trinajstić information content (AvgIpc) is 3.12. The number of halogens is 2. The summed E-state index contributed by atoms with van der Waals surface area (Å²) in [7, 11) is 1.55. The number of terminal acetylenes is 1. The summed E-state index contributed by atoms with van der Waals surface area (Å²) in [6, 6.07) is 6.14. The van der Waals surface area contributed by atoms with Gasteiger partial charge < -0.3 is 19.7 Å². The topological polar surface area (TPSA) is 54.0 Å². The van der Waals surface area contributed by atoms with Gasteiger partial charge in [0, 0.05) is 62.2 Å². The van der Waals surface area contributed by atoms with Crippen LogP contribution in [-0.4, -0.2) is 69.0 Å². The molecule has 40 heavy (non-hydrogen) atoms. The molecule has 0 spiro atoms. The molecule has 1 N–H and O–H groups in total. The fourth-order valence-electron chi connectivity index (χ4n) is 5.07. The maximum absolute atomic E-state index is 13.4. The number of anilines is 2. The molecule has 1 aromatic carbocycles. The Morgan fingerprint density at radius 2 is 1.93 bits per heavy atom. The molecule has 3 heterocycles. The lowest BCUT2D eigenvalue weighted by atomic mass is 9.99. The SMILES string of the molecule is C#CC.C/C=C1C(=C/C(=O)Nc2ccc3c(c2)N(CCN2CCOCC2)CCC3)/CCCOC/1=C/CC(F)(F)P. The zero-order valence-corrected chi connectivity index (χ0v) is 24.8. The van der Waals surface area contributed by atoms with E-state index >= 15 is 0 Å². The van der Waals surface area contributed by atoms with E-state index in [0.29, 0.717) is 30.8 Å². The Balaban J connectivity index is 0.00000141. The molecule has 218 valence electrons. The molecular weight excluding hydrogens is 531 g/mol. The van der Waals surface area contributed by atoms with Crippen molar-refractivity contribution in [2.75, 3.05) is 62.8 Å². The molecule has 1 aromatic rings. The third-order valence-corrected chi connectivity index (χ3v) is 7.21. The third kappa shape index (κ3) is 10.0. The number of carbonyl (C=O) groups excluding carboxylic acids is 1. The summed E-state index contributed by atoms with van der Waals surface area (Å²) in [4.78, 5) is 17.9. The molecule has 1 unspecified atom stereocenters. The van der Waals surface area contributed by atoms with Crippen molar-refractivity contribution in [3.63, 3.8) is 0 Å². The first-order valence-electron chi connectivity index (χ1n) is 14.0. The minimum absolute atomic E-state index is 0.234. The summed E-state index contributed by atoms with van der Waals surface area (Å²) in [5, 5.41) is 3.02. The van der Waals surface area contributed by atoms with Gasteiger partial charge in [-0.05, 0) is 68.9 Å². The Labute approximate surface area is 240 Å². The molecule has 1 atom stereocenters. The van der Waals surface area contributed by atoms with Crippen LogP contribution in [0.4, 0.5) is 20.2 Å². The lowest BCUT2D eigenvalue weighted by Crippen LogP contribution is -2.42. The first-order chi connectivity index (χ1) is 19.2. The van der Waals surface area contributed by atoms with Gasteiger partial charge in [0.2, 0.25) is 5.91 Å². The first-order valence-corrected chi connectivity index (χ1v) is 14.6. The predicted molar refractivity (Wildman–Crippen MR) is 162 cm³/mol. The van der Waals surface area contributed by atoms with Gasteiger partial charge in [-0.1, -0.05) is 21.4 Å². The molecule has 0 aliphatic carbocycles. The predicted octanol–water partition coefficient (Wildman–Crippen LogP) is 5.77. The molecule has 2 fully saturated rings. The number of nitrogens with one attached hydrogen (secondary N) is 1. The molecule has 3 aliphatic heterocycles. The minimum atomic E-state index is -2.90.